The largest absolute Gasteiger partial charge is 0.493 e. The average molecular weight is 480 g/mol. The molecule has 176 valence electrons. The lowest BCUT2D eigenvalue weighted by Gasteiger charge is -2.16. The maximum absolute atomic E-state index is 12.8. The van der Waals surface area contributed by atoms with Crippen LogP contribution in [0.25, 0.3) is 0 Å². The summed E-state index contributed by atoms with van der Waals surface area (Å²) in [4.78, 5) is 25.1. The highest BCUT2D eigenvalue weighted by molar-refractivity contribution is 7.80. The number of nitrogens with one attached hydrogen (secondary N) is 3. The van der Waals surface area contributed by atoms with Crippen molar-refractivity contribution in [2.45, 2.75) is 6.92 Å². The van der Waals surface area contributed by atoms with Crippen molar-refractivity contribution in [1.82, 2.24) is 5.32 Å². The van der Waals surface area contributed by atoms with E-state index in [2.05, 4.69) is 16.0 Å². The van der Waals surface area contributed by atoms with Gasteiger partial charge in [0.05, 0.1) is 20.8 Å². The highest BCUT2D eigenvalue weighted by Gasteiger charge is 2.18. The summed E-state index contributed by atoms with van der Waals surface area (Å²) in [6.45, 7) is 2.25. The van der Waals surface area contributed by atoms with E-state index < -0.39 is 5.91 Å². The van der Waals surface area contributed by atoms with E-state index in [0.29, 0.717) is 40.8 Å². The normalized spacial score (nSPS) is 10.1. The molecule has 0 saturated heterocycles. The van der Waals surface area contributed by atoms with Gasteiger partial charge in [0.15, 0.2) is 16.6 Å². The quantitative estimate of drug-likeness (QED) is 0.410. The van der Waals surface area contributed by atoms with Gasteiger partial charge in [-0.2, -0.15) is 0 Å². The van der Waals surface area contributed by atoms with Crippen LogP contribution in [0.4, 0.5) is 11.4 Å². The van der Waals surface area contributed by atoms with E-state index in [0.717, 1.165) is 0 Å². The first-order valence-electron chi connectivity index (χ1n) is 10.4. The number of hydrogen-bond acceptors (Lipinski definition) is 6. The number of thiocarbonyl (C=S) groups is 1. The number of carbonyl (C=O) groups excluding carboxylic acids is 2. The number of ether oxygens (including phenoxy) is 3. The van der Waals surface area contributed by atoms with Crippen molar-refractivity contribution < 1.29 is 23.8 Å². The van der Waals surface area contributed by atoms with E-state index in [9.17, 15) is 9.59 Å². The Balaban J connectivity index is 1.67. The van der Waals surface area contributed by atoms with Crippen LogP contribution in [0.1, 0.15) is 27.6 Å². The monoisotopic (exact) mass is 479 g/mol. The van der Waals surface area contributed by atoms with Crippen molar-refractivity contribution in [3.05, 3.63) is 77.9 Å². The molecular formula is C25H25N3O5S. The predicted molar refractivity (Wildman–Crippen MR) is 135 cm³/mol. The summed E-state index contributed by atoms with van der Waals surface area (Å²) < 4.78 is 16.2. The van der Waals surface area contributed by atoms with Crippen molar-refractivity contribution in [1.29, 1.82) is 0 Å². The summed E-state index contributed by atoms with van der Waals surface area (Å²) in [7, 11) is 2.96. The van der Waals surface area contributed by atoms with Crippen molar-refractivity contribution in [3.63, 3.8) is 0 Å². The minimum atomic E-state index is -0.453. The zero-order valence-electron chi connectivity index (χ0n) is 19.0. The third-order valence-corrected chi connectivity index (χ3v) is 4.86. The zero-order chi connectivity index (χ0) is 24.5. The minimum Gasteiger partial charge on any atom is -0.493 e. The van der Waals surface area contributed by atoms with Gasteiger partial charge in [0.2, 0.25) is 5.75 Å². The summed E-state index contributed by atoms with van der Waals surface area (Å²) in [6.07, 6.45) is 0. The molecule has 0 spiro atoms. The molecule has 0 aliphatic heterocycles. The summed E-state index contributed by atoms with van der Waals surface area (Å²) >= 11 is 5.29. The van der Waals surface area contributed by atoms with E-state index in [1.807, 2.05) is 13.0 Å². The fourth-order valence-electron chi connectivity index (χ4n) is 3.10. The molecule has 0 fully saturated rings. The van der Waals surface area contributed by atoms with Crippen LogP contribution in [0.15, 0.2) is 66.7 Å². The summed E-state index contributed by atoms with van der Waals surface area (Å²) in [6, 6.07) is 19.0. The van der Waals surface area contributed by atoms with Crippen LogP contribution in [0.3, 0.4) is 0 Å². The Morgan fingerprint density at radius 2 is 1.41 bits per heavy atom. The van der Waals surface area contributed by atoms with Gasteiger partial charge in [0, 0.05) is 22.5 Å². The van der Waals surface area contributed by atoms with Crippen LogP contribution in [-0.4, -0.2) is 37.8 Å². The molecule has 3 rings (SSSR count). The lowest BCUT2D eigenvalue weighted by Crippen LogP contribution is -2.34. The molecule has 0 aliphatic rings. The molecule has 8 nitrogen and oxygen atoms in total. The van der Waals surface area contributed by atoms with E-state index in [1.165, 1.54) is 14.2 Å². The Kier molecular flexibility index (Phi) is 8.42. The average Bonchev–Trinajstić information content (AvgIpc) is 2.84. The third kappa shape index (κ3) is 6.23. The number of carbonyl (C=O) groups is 2. The molecule has 34 heavy (non-hydrogen) atoms. The number of rotatable bonds is 8. The second kappa shape index (κ2) is 11.7. The SMILES string of the molecule is CCOc1c(OC)cc(C(=O)NC(=S)Nc2cccc(NC(=O)c3ccccc3)c2)cc1OC. The summed E-state index contributed by atoms with van der Waals surface area (Å²) in [5, 5.41) is 8.49. The fraction of sp³-hybridized carbons (Fsp3) is 0.160. The molecule has 3 aromatic carbocycles. The molecule has 2 amide bonds. The van der Waals surface area contributed by atoms with Crippen LogP contribution >= 0.6 is 12.2 Å². The van der Waals surface area contributed by atoms with Crippen LogP contribution in [-0.2, 0) is 0 Å². The van der Waals surface area contributed by atoms with Crippen molar-refractivity contribution >= 4 is 40.5 Å². The second-order valence-corrected chi connectivity index (χ2v) is 7.36. The number of benzene rings is 3. The van der Waals surface area contributed by atoms with Gasteiger partial charge in [-0.25, -0.2) is 0 Å². The molecule has 3 N–H and O–H groups in total. The van der Waals surface area contributed by atoms with Crippen molar-refractivity contribution in [2.75, 3.05) is 31.5 Å². The lowest BCUT2D eigenvalue weighted by molar-refractivity contribution is 0.0975. The first kappa shape index (κ1) is 24.5. The van der Waals surface area contributed by atoms with E-state index in [1.54, 1.807) is 60.7 Å². The second-order valence-electron chi connectivity index (χ2n) is 6.95. The standard InChI is InChI=1S/C25H25N3O5S/c1-4-33-22-20(31-2)13-17(14-21(22)32-3)24(30)28-25(34)27-19-12-8-11-18(15-19)26-23(29)16-9-6-5-7-10-16/h5-15H,4H2,1-3H3,(H,26,29)(H2,27,28,30,34). The molecule has 0 aliphatic carbocycles. The number of hydrogen-bond donors (Lipinski definition) is 3. The molecular weight excluding hydrogens is 454 g/mol. The van der Waals surface area contributed by atoms with E-state index in [-0.39, 0.29) is 16.6 Å². The zero-order valence-corrected chi connectivity index (χ0v) is 19.8. The van der Waals surface area contributed by atoms with Gasteiger partial charge >= 0.3 is 0 Å². The van der Waals surface area contributed by atoms with Gasteiger partial charge in [0.1, 0.15) is 0 Å². The Bertz CT molecular complexity index is 1160. The van der Waals surface area contributed by atoms with Gasteiger partial charge in [0.25, 0.3) is 11.8 Å². The van der Waals surface area contributed by atoms with Gasteiger partial charge in [-0.05, 0) is 61.6 Å². The van der Waals surface area contributed by atoms with Gasteiger partial charge in [-0.3, -0.25) is 14.9 Å². The molecule has 9 heteroatoms. The van der Waals surface area contributed by atoms with E-state index >= 15 is 0 Å². The molecule has 0 saturated carbocycles. The fourth-order valence-corrected chi connectivity index (χ4v) is 3.31. The molecule has 0 aromatic heterocycles. The molecule has 0 bridgehead atoms. The van der Waals surface area contributed by atoms with Crippen LogP contribution < -0.4 is 30.2 Å². The van der Waals surface area contributed by atoms with Gasteiger partial charge in [-0.1, -0.05) is 24.3 Å². The van der Waals surface area contributed by atoms with Gasteiger partial charge in [-0.15, -0.1) is 0 Å². The minimum absolute atomic E-state index is 0.0864. The Morgan fingerprint density at radius 1 is 0.794 bits per heavy atom. The van der Waals surface area contributed by atoms with Gasteiger partial charge < -0.3 is 24.8 Å². The molecule has 0 radical (unpaired) electrons. The van der Waals surface area contributed by atoms with Crippen LogP contribution in [0, 0.1) is 0 Å². The van der Waals surface area contributed by atoms with Crippen LogP contribution in [0.2, 0.25) is 0 Å². The lowest BCUT2D eigenvalue weighted by atomic mass is 10.1. The molecule has 0 atom stereocenters. The van der Waals surface area contributed by atoms with Crippen molar-refractivity contribution in [2.24, 2.45) is 0 Å². The Hall–Kier alpha value is -4.11. The smallest absolute Gasteiger partial charge is 0.257 e. The van der Waals surface area contributed by atoms with Crippen molar-refractivity contribution in [3.8, 4) is 17.2 Å². The van der Waals surface area contributed by atoms with Crippen LogP contribution in [0.5, 0.6) is 17.2 Å². The first-order chi connectivity index (χ1) is 16.4. The first-order valence-corrected chi connectivity index (χ1v) is 10.8. The maximum Gasteiger partial charge on any atom is 0.257 e. The molecule has 3 aromatic rings. The topological polar surface area (TPSA) is 97.9 Å². The summed E-state index contributed by atoms with van der Waals surface area (Å²) in [5.74, 6) is 0.469. The summed E-state index contributed by atoms with van der Waals surface area (Å²) in [5.41, 5.74) is 2.00. The third-order valence-electron chi connectivity index (χ3n) is 4.65. The molecule has 0 heterocycles. The Labute approximate surface area is 203 Å². The Morgan fingerprint density at radius 3 is 2.00 bits per heavy atom. The number of methoxy groups -OCH3 is 2. The maximum atomic E-state index is 12.8. The number of anilines is 2. The highest BCUT2D eigenvalue weighted by atomic mass is 32.1. The predicted octanol–water partition coefficient (Wildman–Crippen LogP) is 4.48. The number of amides is 2. The van der Waals surface area contributed by atoms with E-state index in [4.69, 9.17) is 26.4 Å². The highest BCUT2D eigenvalue weighted by Crippen LogP contribution is 2.38. The molecule has 0 unspecified atom stereocenters.